The summed E-state index contributed by atoms with van der Waals surface area (Å²) in [5.41, 5.74) is 3.75. The Kier molecular flexibility index (Phi) is 10.2. The van der Waals surface area contributed by atoms with Crippen LogP contribution in [0.5, 0.6) is 0 Å². The molecule has 2 aliphatic heterocycles. The third-order valence-corrected chi connectivity index (χ3v) is 9.87. The van der Waals surface area contributed by atoms with Crippen LogP contribution in [0.3, 0.4) is 0 Å². The van der Waals surface area contributed by atoms with Crippen molar-refractivity contribution in [2.45, 2.75) is 38.3 Å². The zero-order chi connectivity index (χ0) is 27.9. The van der Waals surface area contributed by atoms with Crippen LogP contribution in [0.15, 0.2) is 83.7 Å². The molecule has 2 unspecified atom stereocenters. The summed E-state index contributed by atoms with van der Waals surface area (Å²) in [6, 6.07) is 18.8. The van der Waals surface area contributed by atoms with E-state index in [-0.39, 0.29) is 11.3 Å². The fourth-order valence-electron chi connectivity index (χ4n) is 4.49. The van der Waals surface area contributed by atoms with Crippen molar-refractivity contribution in [3.63, 3.8) is 0 Å². The fourth-order valence-corrected chi connectivity index (χ4v) is 7.45. The molecule has 0 radical (unpaired) electrons. The summed E-state index contributed by atoms with van der Waals surface area (Å²) in [5, 5.41) is 3.06. The Hall–Kier alpha value is -2.68. The predicted molar refractivity (Wildman–Crippen MR) is 158 cm³/mol. The van der Waals surface area contributed by atoms with E-state index in [9.17, 15) is 9.59 Å². The van der Waals surface area contributed by atoms with Gasteiger partial charge in [0.05, 0.1) is 0 Å². The van der Waals surface area contributed by atoms with Gasteiger partial charge in [0.25, 0.3) is 0 Å². The summed E-state index contributed by atoms with van der Waals surface area (Å²) in [6.45, 7) is 6.80. The molecule has 0 spiro atoms. The topological polar surface area (TPSA) is 80.3 Å². The molecule has 1 saturated heterocycles. The molecule has 2 heterocycles. The molecular weight excluding hydrogens is 533 g/mol. The quantitative estimate of drug-likeness (QED) is 0.224. The molecule has 39 heavy (non-hydrogen) atoms. The van der Waals surface area contributed by atoms with Gasteiger partial charge in [-0.15, -0.1) is 0 Å². The molecule has 0 saturated carbocycles. The first-order valence-electron chi connectivity index (χ1n) is 13.2. The first-order valence-corrected chi connectivity index (χ1v) is 15.8. The molecule has 2 atom stereocenters. The summed E-state index contributed by atoms with van der Waals surface area (Å²) in [6.07, 6.45) is 1.35. The van der Waals surface area contributed by atoms with E-state index in [1.165, 1.54) is 0 Å². The van der Waals surface area contributed by atoms with Crippen LogP contribution in [0.2, 0.25) is 0 Å². The Morgan fingerprint density at radius 1 is 1.08 bits per heavy atom. The molecule has 2 aromatic rings. The Labute approximate surface area is 236 Å². The van der Waals surface area contributed by atoms with Crippen LogP contribution in [-0.2, 0) is 23.4 Å². The van der Waals surface area contributed by atoms with E-state index in [2.05, 4.69) is 5.09 Å². The van der Waals surface area contributed by atoms with Crippen LogP contribution in [-0.4, -0.2) is 66.2 Å². The summed E-state index contributed by atoms with van der Waals surface area (Å²) in [5.74, 6) is -0.134. The molecule has 210 valence electrons. The van der Waals surface area contributed by atoms with Crippen LogP contribution < -0.4 is 5.09 Å². The fraction of sp³-hybridized carbons (Fsp3) is 0.379. The zero-order valence-electron chi connectivity index (χ0n) is 23.1. The zero-order valence-corrected chi connectivity index (χ0v) is 25.1. The number of esters is 1. The molecular formula is C29H38N3O5PS. The maximum absolute atomic E-state index is 14.0. The summed E-state index contributed by atoms with van der Waals surface area (Å²) in [7, 11) is 1.67. The van der Waals surface area contributed by atoms with Gasteiger partial charge in [0, 0.05) is 0 Å². The molecule has 4 rings (SSSR count). The minimum absolute atomic E-state index is 0.180. The SMILES string of the molecule is CCO[PH2](NC1C(=O)N2C(C(=O)OC(c3ccccc3)c3ccccc3)=C(C=C(C)N(C)C)CSC12)OCC. The van der Waals surface area contributed by atoms with Gasteiger partial charge >= 0.3 is 237 Å². The van der Waals surface area contributed by atoms with Crippen molar-refractivity contribution in [2.24, 2.45) is 0 Å². The van der Waals surface area contributed by atoms with Gasteiger partial charge in [-0.05, 0) is 0 Å². The van der Waals surface area contributed by atoms with Gasteiger partial charge in [-0.3, -0.25) is 0 Å². The van der Waals surface area contributed by atoms with Crippen LogP contribution >= 0.6 is 20.3 Å². The van der Waals surface area contributed by atoms with Gasteiger partial charge < -0.3 is 0 Å². The van der Waals surface area contributed by atoms with Crippen molar-refractivity contribution in [1.29, 1.82) is 0 Å². The molecule has 1 amide bonds. The summed E-state index contributed by atoms with van der Waals surface area (Å²) >= 11 is 1.62. The number of carbonyl (C=O) groups is 2. The second-order valence-electron chi connectivity index (χ2n) is 9.46. The van der Waals surface area contributed by atoms with E-state index < -0.39 is 26.6 Å². The molecule has 2 aliphatic rings. The monoisotopic (exact) mass is 571 g/mol. The number of nitrogens with zero attached hydrogens (tertiary/aromatic N) is 2. The Morgan fingerprint density at radius 3 is 2.15 bits per heavy atom. The second kappa shape index (κ2) is 13.6. The second-order valence-corrected chi connectivity index (χ2v) is 12.2. The van der Waals surface area contributed by atoms with Crippen LogP contribution in [0, 0.1) is 0 Å². The maximum atomic E-state index is 14.0. The summed E-state index contributed by atoms with van der Waals surface area (Å²) < 4.78 is 17.7. The first-order chi connectivity index (χ1) is 18.8. The number of hydrogen-bond donors (Lipinski definition) is 1. The number of ether oxygens (including phenoxy) is 1. The van der Waals surface area contributed by atoms with Crippen LogP contribution in [0.1, 0.15) is 38.0 Å². The standard InChI is InChI=1S/C29H38N3O5PS/c1-6-35-38(36-7-2)30-24-27(33)32-25(23(19-39-28(24)32)18-20(3)31(4)5)29(34)37-26(21-14-10-8-11-15-21)22-16-12-9-13-17-22/h8-18,24,26,28,30H,6-7,19,38H2,1-5H3. The molecule has 1 fully saturated rings. The van der Waals surface area contributed by atoms with Crippen LogP contribution in [0.4, 0.5) is 0 Å². The molecule has 10 heteroatoms. The molecule has 0 bridgehead atoms. The number of nitrogens with one attached hydrogen (secondary N) is 1. The normalized spacial score (nSPS) is 19.5. The van der Waals surface area contributed by atoms with Crippen molar-refractivity contribution < 1.29 is 23.4 Å². The first kappa shape index (κ1) is 29.3. The number of fused-ring (bicyclic) bond motifs is 1. The third-order valence-electron chi connectivity index (χ3n) is 6.66. The van der Waals surface area contributed by atoms with Crippen molar-refractivity contribution in [1.82, 2.24) is 14.9 Å². The number of β-lactam (4-membered cyclic amide) rings is 1. The average Bonchev–Trinajstić information content (AvgIpc) is 2.95. The van der Waals surface area contributed by atoms with E-state index in [1.54, 1.807) is 16.7 Å². The number of hydrogen-bond acceptors (Lipinski definition) is 8. The van der Waals surface area contributed by atoms with Crippen molar-refractivity contribution in [3.8, 4) is 0 Å². The Morgan fingerprint density at radius 2 is 1.64 bits per heavy atom. The Bertz CT molecular complexity index is 1160. The van der Waals surface area contributed by atoms with Gasteiger partial charge in [0.2, 0.25) is 0 Å². The number of amides is 1. The number of allylic oxidation sites excluding steroid dienone is 2. The van der Waals surface area contributed by atoms with Crippen molar-refractivity contribution in [2.75, 3.05) is 33.1 Å². The number of carbonyl (C=O) groups excluding carboxylic acids is 2. The van der Waals surface area contributed by atoms with E-state index in [4.69, 9.17) is 13.8 Å². The van der Waals surface area contributed by atoms with Gasteiger partial charge in [-0.25, -0.2) is 0 Å². The molecule has 0 aromatic heterocycles. The molecule has 2 aromatic carbocycles. The number of thioether (sulfide) groups is 1. The Balaban J connectivity index is 1.67. The molecule has 0 aliphatic carbocycles. The third kappa shape index (κ3) is 6.73. The van der Waals surface area contributed by atoms with Crippen molar-refractivity contribution in [3.05, 3.63) is 94.8 Å². The van der Waals surface area contributed by atoms with Crippen LogP contribution in [0.25, 0.3) is 0 Å². The number of benzene rings is 2. The van der Waals surface area contributed by atoms with Crippen molar-refractivity contribution >= 4 is 32.2 Å². The summed E-state index contributed by atoms with van der Waals surface area (Å²) in [4.78, 5) is 31.1. The predicted octanol–water partition coefficient (Wildman–Crippen LogP) is 4.68. The van der Waals surface area contributed by atoms with E-state index in [0.29, 0.717) is 24.7 Å². The van der Waals surface area contributed by atoms with Gasteiger partial charge in [0.1, 0.15) is 0 Å². The molecule has 8 nitrogen and oxygen atoms in total. The van der Waals surface area contributed by atoms with Gasteiger partial charge in [0.15, 0.2) is 0 Å². The van der Waals surface area contributed by atoms with E-state index in [1.807, 2.05) is 107 Å². The average molecular weight is 572 g/mol. The van der Waals surface area contributed by atoms with E-state index in [0.717, 1.165) is 22.4 Å². The van der Waals surface area contributed by atoms with E-state index >= 15 is 0 Å². The van der Waals surface area contributed by atoms with Gasteiger partial charge in [-0.2, -0.15) is 0 Å². The van der Waals surface area contributed by atoms with Gasteiger partial charge in [-0.1, -0.05) is 0 Å². The minimum atomic E-state index is -2.23. The molecule has 1 N–H and O–H groups in total. The number of rotatable bonds is 12.